The van der Waals surface area contributed by atoms with Gasteiger partial charge >= 0.3 is 0 Å². The van der Waals surface area contributed by atoms with E-state index in [1.807, 2.05) is 35.2 Å². The molecule has 4 rings (SSSR count). The predicted molar refractivity (Wildman–Crippen MR) is 97.0 cm³/mol. The topological polar surface area (TPSA) is 42.0 Å². The van der Waals surface area contributed by atoms with Gasteiger partial charge in [0.25, 0.3) is 5.91 Å². The Morgan fingerprint density at radius 1 is 0.920 bits per heavy atom. The molecule has 0 radical (unpaired) electrons. The summed E-state index contributed by atoms with van der Waals surface area (Å²) in [7, 11) is 0. The summed E-state index contributed by atoms with van der Waals surface area (Å²) in [6, 6.07) is 13.2. The van der Waals surface area contributed by atoms with Crippen LogP contribution in [0, 0.1) is 0 Å². The molecule has 1 amide bonds. The highest BCUT2D eigenvalue weighted by Gasteiger charge is 2.24. The van der Waals surface area contributed by atoms with Crippen LogP contribution in [0.2, 0.25) is 5.02 Å². The van der Waals surface area contributed by atoms with Crippen molar-refractivity contribution in [3.05, 3.63) is 53.1 Å². The van der Waals surface area contributed by atoms with E-state index in [1.165, 1.54) is 0 Å². The Labute approximate surface area is 151 Å². The van der Waals surface area contributed by atoms with Crippen LogP contribution in [0.15, 0.2) is 42.5 Å². The average Bonchev–Trinajstić information content (AvgIpc) is 2.67. The zero-order valence-corrected chi connectivity index (χ0v) is 14.5. The average molecular weight is 359 g/mol. The summed E-state index contributed by atoms with van der Waals surface area (Å²) in [5.74, 6) is 1.38. The molecule has 2 aromatic carbocycles. The maximum Gasteiger partial charge on any atom is 0.254 e. The Hall–Kier alpha value is -2.40. The number of rotatable bonds is 2. The lowest BCUT2D eigenvalue weighted by atomic mass is 10.1. The van der Waals surface area contributed by atoms with Crippen molar-refractivity contribution in [1.29, 1.82) is 0 Å². The van der Waals surface area contributed by atoms with Gasteiger partial charge in [-0.15, -0.1) is 0 Å². The molecule has 0 aromatic heterocycles. The Bertz CT molecular complexity index is 788. The first kappa shape index (κ1) is 16.1. The molecule has 1 saturated heterocycles. The summed E-state index contributed by atoms with van der Waals surface area (Å²) < 4.78 is 11.1. The summed E-state index contributed by atoms with van der Waals surface area (Å²) in [5, 5.41) is 0.729. The van der Waals surface area contributed by atoms with E-state index in [0.29, 0.717) is 43.4 Å². The number of halogens is 1. The van der Waals surface area contributed by atoms with E-state index < -0.39 is 0 Å². The second-order valence-electron chi connectivity index (χ2n) is 6.12. The van der Waals surface area contributed by atoms with Crippen LogP contribution in [0.1, 0.15) is 10.4 Å². The van der Waals surface area contributed by atoms with Gasteiger partial charge in [0.05, 0.1) is 0 Å². The summed E-state index contributed by atoms with van der Waals surface area (Å²) in [6.45, 7) is 4.00. The van der Waals surface area contributed by atoms with Crippen molar-refractivity contribution >= 4 is 23.2 Å². The maximum atomic E-state index is 12.8. The van der Waals surface area contributed by atoms with Crippen LogP contribution in [-0.4, -0.2) is 50.2 Å². The normalized spacial score (nSPS) is 16.7. The fraction of sp³-hybridized carbons (Fsp3) is 0.316. The van der Waals surface area contributed by atoms with Crippen LogP contribution in [0.25, 0.3) is 0 Å². The second kappa shape index (κ2) is 6.84. The lowest BCUT2D eigenvalue weighted by molar-refractivity contribution is 0.0745. The number of anilines is 1. The van der Waals surface area contributed by atoms with E-state index in [0.717, 1.165) is 23.8 Å². The van der Waals surface area contributed by atoms with Gasteiger partial charge in [-0.1, -0.05) is 17.7 Å². The van der Waals surface area contributed by atoms with Crippen molar-refractivity contribution in [3.63, 3.8) is 0 Å². The van der Waals surface area contributed by atoms with Crippen molar-refractivity contribution in [2.45, 2.75) is 0 Å². The minimum absolute atomic E-state index is 0.0303. The molecule has 0 unspecified atom stereocenters. The van der Waals surface area contributed by atoms with Crippen molar-refractivity contribution in [3.8, 4) is 11.5 Å². The Kier molecular flexibility index (Phi) is 4.40. The van der Waals surface area contributed by atoms with Crippen LogP contribution < -0.4 is 14.4 Å². The summed E-state index contributed by atoms with van der Waals surface area (Å²) in [6.07, 6.45) is 0. The number of piperazine rings is 1. The number of carbonyl (C=O) groups excluding carboxylic acids is 1. The van der Waals surface area contributed by atoms with E-state index in [1.54, 1.807) is 12.1 Å². The zero-order chi connectivity index (χ0) is 17.2. The Morgan fingerprint density at radius 3 is 2.44 bits per heavy atom. The molecular formula is C19H19ClN2O3. The molecular weight excluding hydrogens is 340 g/mol. The van der Waals surface area contributed by atoms with Gasteiger partial charge in [0, 0.05) is 42.5 Å². The molecule has 0 saturated carbocycles. The van der Waals surface area contributed by atoms with E-state index in [2.05, 4.69) is 4.90 Å². The number of fused-ring (bicyclic) bond motifs is 1. The van der Waals surface area contributed by atoms with Crippen molar-refractivity contribution in [2.75, 3.05) is 44.3 Å². The van der Waals surface area contributed by atoms with E-state index in [9.17, 15) is 4.79 Å². The van der Waals surface area contributed by atoms with Crippen molar-refractivity contribution in [1.82, 2.24) is 4.90 Å². The predicted octanol–water partition coefficient (Wildman–Crippen LogP) is 3.07. The summed E-state index contributed by atoms with van der Waals surface area (Å²) in [4.78, 5) is 16.9. The number of nitrogens with zero attached hydrogens (tertiary/aromatic N) is 2. The van der Waals surface area contributed by atoms with E-state index >= 15 is 0 Å². The highest BCUT2D eigenvalue weighted by Crippen LogP contribution is 2.31. The SMILES string of the molecule is O=C(c1ccc2c(c1)OCCO2)N1CCN(c2cccc(Cl)c2)CC1. The molecule has 1 fully saturated rings. The second-order valence-corrected chi connectivity index (χ2v) is 6.55. The van der Waals surface area contributed by atoms with Gasteiger partial charge in [0.1, 0.15) is 13.2 Å². The van der Waals surface area contributed by atoms with Crippen LogP contribution in [0.4, 0.5) is 5.69 Å². The summed E-state index contributed by atoms with van der Waals surface area (Å²) >= 11 is 6.07. The number of ether oxygens (including phenoxy) is 2. The molecule has 0 N–H and O–H groups in total. The fourth-order valence-corrected chi connectivity index (χ4v) is 3.38. The van der Waals surface area contributed by atoms with Gasteiger partial charge in [-0.25, -0.2) is 0 Å². The molecule has 130 valence electrons. The molecule has 0 bridgehead atoms. The summed E-state index contributed by atoms with van der Waals surface area (Å²) in [5.41, 5.74) is 1.74. The molecule has 2 aliphatic rings. The minimum Gasteiger partial charge on any atom is -0.486 e. The zero-order valence-electron chi connectivity index (χ0n) is 13.8. The molecule has 25 heavy (non-hydrogen) atoms. The first-order valence-corrected chi connectivity index (χ1v) is 8.78. The van der Waals surface area contributed by atoms with Crippen molar-refractivity contribution < 1.29 is 14.3 Å². The molecule has 6 heteroatoms. The largest absolute Gasteiger partial charge is 0.486 e. The van der Waals surface area contributed by atoms with Gasteiger partial charge < -0.3 is 19.3 Å². The molecule has 2 aromatic rings. The third-order valence-electron chi connectivity index (χ3n) is 4.53. The molecule has 2 aliphatic heterocycles. The monoisotopic (exact) mass is 358 g/mol. The molecule has 2 heterocycles. The van der Waals surface area contributed by atoms with Crippen LogP contribution in [-0.2, 0) is 0 Å². The van der Waals surface area contributed by atoms with Gasteiger partial charge in [-0.3, -0.25) is 4.79 Å². The van der Waals surface area contributed by atoms with Crippen LogP contribution in [0.5, 0.6) is 11.5 Å². The highest BCUT2D eigenvalue weighted by atomic mass is 35.5. The molecule has 5 nitrogen and oxygen atoms in total. The van der Waals surface area contributed by atoms with Crippen LogP contribution in [0.3, 0.4) is 0 Å². The first-order chi connectivity index (χ1) is 12.2. The molecule has 0 aliphatic carbocycles. The first-order valence-electron chi connectivity index (χ1n) is 8.40. The third-order valence-corrected chi connectivity index (χ3v) is 4.76. The van der Waals surface area contributed by atoms with E-state index in [-0.39, 0.29) is 5.91 Å². The van der Waals surface area contributed by atoms with Crippen LogP contribution >= 0.6 is 11.6 Å². The number of hydrogen-bond donors (Lipinski definition) is 0. The smallest absolute Gasteiger partial charge is 0.254 e. The quantitative estimate of drug-likeness (QED) is 0.827. The lowest BCUT2D eigenvalue weighted by Crippen LogP contribution is -2.48. The fourth-order valence-electron chi connectivity index (χ4n) is 3.20. The Morgan fingerprint density at radius 2 is 1.68 bits per heavy atom. The lowest BCUT2D eigenvalue weighted by Gasteiger charge is -2.36. The molecule has 0 spiro atoms. The van der Waals surface area contributed by atoms with Gasteiger partial charge in [0.15, 0.2) is 11.5 Å². The third kappa shape index (κ3) is 3.37. The Balaban J connectivity index is 1.43. The minimum atomic E-state index is 0.0303. The molecule has 0 atom stereocenters. The number of hydrogen-bond acceptors (Lipinski definition) is 4. The number of benzene rings is 2. The standard InChI is InChI=1S/C19H19ClN2O3/c20-15-2-1-3-16(13-15)21-6-8-22(9-7-21)19(23)14-4-5-17-18(12-14)25-11-10-24-17/h1-5,12-13H,6-11H2. The highest BCUT2D eigenvalue weighted by molar-refractivity contribution is 6.30. The van der Waals surface area contributed by atoms with E-state index in [4.69, 9.17) is 21.1 Å². The van der Waals surface area contributed by atoms with Crippen molar-refractivity contribution in [2.24, 2.45) is 0 Å². The number of carbonyl (C=O) groups is 1. The van der Waals surface area contributed by atoms with Gasteiger partial charge in [0.2, 0.25) is 0 Å². The number of amides is 1. The maximum absolute atomic E-state index is 12.8. The van der Waals surface area contributed by atoms with Gasteiger partial charge in [-0.05, 0) is 36.4 Å². The van der Waals surface area contributed by atoms with Gasteiger partial charge in [-0.2, -0.15) is 0 Å².